The van der Waals surface area contributed by atoms with E-state index in [9.17, 15) is 4.79 Å². The van der Waals surface area contributed by atoms with Gasteiger partial charge in [-0.1, -0.05) is 0 Å². The number of fused-ring (bicyclic) bond motifs is 1. The number of hydrogen-bond acceptors (Lipinski definition) is 3. The van der Waals surface area contributed by atoms with E-state index in [4.69, 9.17) is 4.74 Å². The maximum absolute atomic E-state index is 11.0. The number of hydrogen-bond donors (Lipinski definition) is 0. The van der Waals surface area contributed by atoms with E-state index in [1.165, 1.54) is 0 Å². The van der Waals surface area contributed by atoms with E-state index in [0.29, 0.717) is 11.4 Å². The van der Waals surface area contributed by atoms with E-state index in [-0.39, 0.29) is 12.4 Å². The van der Waals surface area contributed by atoms with Gasteiger partial charge in [0.05, 0.1) is 0 Å². The van der Waals surface area contributed by atoms with Crippen LogP contribution in [0.1, 0.15) is 10.5 Å². The lowest BCUT2D eigenvalue weighted by atomic mass is 10.3. The van der Waals surface area contributed by atoms with Crippen molar-refractivity contribution in [1.82, 2.24) is 4.98 Å². The highest BCUT2D eigenvalue weighted by atomic mass is 79.9. The Morgan fingerprint density at radius 2 is 2.45 bits per heavy atom. The Morgan fingerprint density at radius 3 is 3.27 bits per heavy atom. The molecule has 0 fully saturated rings. The lowest BCUT2D eigenvalue weighted by molar-refractivity contribution is 0.0958. The molecular weight excluding hydrogens is 210 g/mol. The van der Waals surface area contributed by atoms with Crippen molar-refractivity contribution in [3.8, 4) is 5.75 Å². The number of halogens is 1. The van der Waals surface area contributed by atoms with Crippen LogP contribution in [0.4, 0.5) is 0 Å². The van der Waals surface area contributed by atoms with Crippen LogP contribution in [0.5, 0.6) is 5.75 Å². The van der Waals surface area contributed by atoms with Crippen LogP contribution >= 0.6 is 15.9 Å². The zero-order chi connectivity index (χ0) is 7.84. The molecule has 0 saturated heterocycles. The van der Waals surface area contributed by atoms with Crippen LogP contribution in [0.3, 0.4) is 0 Å². The van der Waals surface area contributed by atoms with Gasteiger partial charge in [0.15, 0.2) is 18.1 Å². The third-order valence-corrected chi connectivity index (χ3v) is 1.88. The summed E-state index contributed by atoms with van der Waals surface area (Å²) < 4.78 is 5.87. The minimum atomic E-state index is -0.0486. The molecule has 0 bridgehead atoms. The van der Waals surface area contributed by atoms with Crippen molar-refractivity contribution in [2.75, 3.05) is 6.61 Å². The summed E-state index contributed by atoms with van der Waals surface area (Å²) in [4.78, 5) is 14.9. The van der Waals surface area contributed by atoms with Gasteiger partial charge in [0.1, 0.15) is 0 Å². The zero-order valence-corrected chi connectivity index (χ0v) is 7.09. The minimum absolute atomic E-state index is 0.0486. The number of pyridine rings is 1. The Morgan fingerprint density at radius 1 is 1.64 bits per heavy atom. The Hall–Kier alpha value is -0.900. The first-order valence-electron chi connectivity index (χ1n) is 3.09. The molecule has 2 heterocycles. The summed E-state index contributed by atoms with van der Waals surface area (Å²) in [5, 5.41) is 0. The maximum Gasteiger partial charge on any atom is 0.222 e. The Kier molecular flexibility index (Phi) is 1.42. The second-order valence-electron chi connectivity index (χ2n) is 2.21. The molecule has 2 rings (SSSR count). The Balaban J connectivity index is 2.59. The second-order valence-corrected chi connectivity index (χ2v) is 3.13. The van der Waals surface area contributed by atoms with Gasteiger partial charge in [0.2, 0.25) is 5.78 Å². The number of aromatic nitrogens is 1. The van der Waals surface area contributed by atoms with E-state index in [1.54, 1.807) is 12.3 Å². The number of carbonyl (C=O) groups excluding carboxylic acids is 1. The van der Waals surface area contributed by atoms with E-state index >= 15 is 0 Å². The van der Waals surface area contributed by atoms with Crippen LogP contribution in [0.2, 0.25) is 0 Å². The molecular formula is C7H4BrNO2. The molecule has 11 heavy (non-hydrogen) atoms. The van der Waals surface area contributed by atoms with E-state index in [1.807, 2.05) is 0 Å². The van der Waals surface area contributed by atoms with Crippen molar-refractivity contribution in [3.63, 3.8) is 0 Å². The average Bonchev–Trinajstić information content (AvgIpc) is 2.32. The number of ether oxygens (including phenoxy) is 1. The maximum atomic E-state index is 11.0. The molecule has 0 atom stereocenters. The molecule has 56 valence electrons. The molecule has 4 heteroatoms. The lowest BCUT2D eigenvalue weighted by Crippen LogP contribution is -2.00. The summed E-state index contributed by atoms with van der Waals surface area (Å²) in [6.07, 6.45) is 1.59. The van der Waals surface area contributed by atoms with Crippen molar-refractivity contribution < 1.29 is 9.53 Å². The lowest BCUT2D eigenvalue weighted by Gasteiger charge is -1.94. The van der Waals surface area contributed by atoms with Gasteiger partial charge >= 0.3 is 0 Å². The molecule has 0 spiro atoms. The van der Waals surface area contributed by atoms with Crippen LogP contribution in [-0.4, -0.2) is 17.4 Å². The molecule has 0 unspecified atom stereocenters. The van der Waals surface area contributed by atoms with Crippen molar-refractivity contribution in [3.05, 3.63) is 22.4 Å². The van der Waals surface area contributed by atoms with Crippen molar-refractivity contribution in [2.45, 2.75) is 0 Å². The highest BCUT2D eigenvalue weighted by molar-refractivity contribution is 9.10. The molecule has 0 amide bonds. The highest BCUT2D eigenvalue weighted by Crippen LogP contribution is 2.25. The minimum Gasteiger partial charge on any atom is -0.483 e. The predicted molar refractivity (Wildman–Crippen MR) is 41.8 cm³/mol. The van der Waals surface area contributed by atoms with Crippen LogP contribution in [0, 0.1) is 0 Å². The second kappa shape index (κ2) is 2.30. The summed E-state index contributed by atoms with van der Waals surface area (Å²) in [6.45, 7) is 0.124. The molecule has 0 radical (unpaired) electrons. The summed E-state index contributed by atoms with van der Waals surface area (Å²) >= 11 is 3.23. The summed E-state index contributed by atoms with van der Waals surface area (Å²) in [6, 6.07) is 1.74. The van der Waals surface area contributed by atoms with Crippen molar-refractivity contribution >= 4 is 21.7 Å². The van der Waals surface area contributed by atoms with Gasteiger partial charge in [-0.2, -0.15) is 0 Å². The molecule has 3 nitrogen and oxygen atoms in total. The van der Waals surface area contributed by atoms with Crippen molar-refractivity contribution in [1.29, 1.82) is 0 Å². The number of carbonyl (C=O) groups is 1. The summed E-state index contributed by atoms with van der Waals surface area (Å²) in [5.74, 6) is 0.525. The molecule has 1 aliphatic heterocycles. The van der Waals surface area contributed by atoms with E-state index in [0.717, 1.165) is 4.47 Å². The third kappa shape index (κ3) is 1.03. The largest absolute Gasteiger partial charge is 0.483 e. The Bertz CT molecular complexity index is 324. The smallest absolute Gasteiger partial charge is 0.222 e. The van der Waals surface area contributed by atoms with E-state index < -0.39 is 0 Å². The molecule has 0 aromatic carbocycles. The third-order valence-electron chi connectivity index (χ3n) is 1.44. The summed E-state index contributed by atoms with van der Waals surface area (Å²) in [5.41, 5.74) is 0.438. The van der Waals surface area contributed by atoms with Gasteiger partial charge in [0.25, 0.3) is 0 Å². The molecule has 1 aromatic heterocycles. The molecule has 0 saturated carbocycles. The van der Waals surface area contributed by atoms with Crippen LogP contribution < -0.4 is 4.74 Å². The Labute approximate surface area is 71.5 Å². The first-order chi connectivity index (χ1) is 5.27. The molecule has 1 aliphatic rings. The number of ketones is 1. The fourth-order valence-electron chi connectivity index (χ4n) is 0.952. The fourth-order valence-corrected chi connectivity index (χ4v) is 1.26. The van der Waals surface area contributed by atoms with E-state index in [2.05, 4.69) is 20.9 Å². The fraction of sp³-hybridized carbons (Fsp3) is 0.143. The SMILES string of the molecule is O=C1COc2cc(Br)cnc21. The predicted octanol–water partition coefficient (Wildman–Crippen LogP) is 1.42. The monoisotopic (exact) mass is 213 g/mol. The van der Waals surface area contributed by atoms with Gasteiger partial charge in [-0.05, 0) is 22.0 Å². The first kappa shape index (κ1) is 6.79. The summed E-state index contributed by atoms with van der Waals surface area (Å²) in [7, 11) is 0. The number of Topliss-reactive ketones (excluding diaryl/α,β-unsaturated/α-hetero) is 1. The van der Waals surface area contributed by atoms with Crippen LogP contribution in [0.15, 0.2) is 16.7 Å². The molecule has 1 aromatic rings. The van der Waals surface area contributed by atoms with Gasteiger partial charge in [0, 0.05) is 10.7 Å². The number of nitrogens with zero attached hydrogens (tertiary/aromatic N) is 1. The van der Waals surface area contributed by atoms with Gasteiger partial charge in [-0.15, -0.1) is 0 Å². The van der Waals surface area contributed by atoms with Gasteiger partial charge < -0.3 is 4.74 Å². The number of rotatable bonds is 0. The van der Waals surface area contributed by atoms with Crippen molar-refractivity contribution in [2.24, 2.45) is 0 Å². The first-order valence-corrected chi connectivity index (χ1v) is 3.88. The highest BCUT2D eigenvalue weighted by Gasteiger charge is 2.22. The van der Waals surface area contributed by atoms with Gasteiger partial charge in [-0.3, -0.25) is 4.79 Å². The topological polar surface area (TPSA) is 39.2 Å². The van der Waals surface area contributed by atoms with Gasteiger partial charge in [-0.25, -0.2) is 4.98 Å². The molecule has 0 aliphatic carbocycles. The van der Waals surface area contributed by atoms with Crippen LogP contribution in [0.25, 0.3) is 0 Å². The normalized spacial score (nSPS) is 14.5. The molecule has 0 N–H and O–H groups in total. The van der Waals surface area contributed by atoms with Crippen LogP contribution in [-0.2, 0) is 0 Å². The average molecular weight is 214 g/mol. The zero-order valence-electron chi connectivity index (χ0n) is 5.50. The standard InChI is InChI=1S/C7H4BrNO2/c8-4-1-6-7(9-2-4)5(10)3-11-6/h1-2H,3H2. The quantitative estimate of drug-likeness (QED) is 0.655.